The van der Waals surface area contributed by atoms with E-state index in [4.69, 9.17) is 10.5 Å². The summed E-state index contributed by atoms with van der Waals surface area (Å²) in [6.07, 6.45) is 13.2. The number of rotatable bonds is 9. The SMILES string of the molecule is C=C/C=C\C(=C/C)C/C(C)=N/c1[nH]c2cc(/C(=C/CC)N=N)ccc2c1C=C. The zero-order valence-corrected chi connectivity index (χ0v) is 16.9. The maximum absolute atomic E-state index is 7.41. The molecule has 0 aliphatic rings. The monoisotopic (exact) mass is 372 g/mol. The van der Waals surface area contributed by atoms with Gasteiger partial charge in [-0.25, -0.2) is 10.5 Å². The van der Waals surface area contributed by atoms with Crippen LogP contribution in [0.1, 0.15) is 44.7 Å². The number of fused-ring (bicyclic) bond motifs is 1. The standard InChI is InChI=1S/C24H28N4/c1-6-10-12-18(8-3)15-17(5)26-24-20(9-4)21-14-13-19(16-23(21)27-24)22(28-25)11-7-2/h6,8-14,16,25,27H,1,4,7,15H2,2-3,5H3/b12-10-,18-8+,22-11-,26-17+,28-25?. The lowest BCUT2D eigenvalue weighted by Gasteiger charge is -2.02. The minimum atomic E-state index is 0.673. The van der Waals surface area contributed by atoms with Gasteiger partial charge in [0.2, 0.25) is 0 Å². The number of nitrogens with one attached hydrogen (secondary N) is 2. The normalized spacial score (nSPS) is 13.3. The Morgan fingerprint density at radius 3 is 2.68 bits per heavy atom. The number of nitrogens with zero attached hydrogens (tertiary/aromatic N) is 2. The number of allylic oxidation sites excluding steroid dienone is 6. The molecule has 0 aliphatic carbocycles. The van der Waals surface area contributed by atoms with E-state index in [1.54, 1.807) is 6.08 Å². The average Bonchev–Trinajstić information content (AvgIpc) is 3.04. The molecule has 0 unspecified atom stereocenters. The Morgan fingerprint density at radius 2 is 2.07 bits per heavy atom. The van der Waals surface area contributed by atoms with Gasteiger partial charge in [-0.05, 0) is 31.9 Å². The van der Waals surface area contributed by atoms with Crippen molar-refractivity contribution in [2.24, 2.45) is 10.1 Å². The predicted molar refractivity (Wildman–Crippen MR) is 122 cm³/mol. The molecule has 0 atom stereocenters. The highest BCUT2D eigenvalue weighted by atomic mass is 15.0. The highest BCUT2D eigenvalue weighted by Gasteiger charge is 2.11. The smallest absolute Gasteiger partial charge is 0.138 e. The van der Waals surface area contributed by atoms with Crippen LogP contribution in [0.5, 0.6) is 0 Å². The fourth-order valence-corrected chi connectivity index (χ4v) is 3.06. The Bertz CT molecular complexity index is 997. The first-order valence-corrected chi connectivity index (χ1v) is 9.42. The van der Waals surface area contributed by atoms with Crippen LogP contribution in [0.25, 0.3) is 22.7 Å². The molecule has 2 aromatic rings. The number of H-pyrrole nitrogens is 1. The summed E-state index contributed by atoms with van der Waals surface area (Å²) in [6, 6.07) is 6.03. The topological polar surface area (TPSA) is 64.4 Å². The molecule has 0 fully saturated rings. The minimum Gasteiger partial charge on any atom is -0.339 e. The summed E-state index contributed by atoms with van der Waals surface area (Å²) in [6.45, 7) is 13.8. The van der Waals surface area contributed by atoms with Crippen LogP contribution < -0.4 is 0 Å². The Morgan fingerprint density at radius 1 is 1.29 bits per heavy atom. The number of aromatic nitrogens is 1. The van der Waals surface area contributed by atoms with Gasteiger partial charge >= 0.3 is 0 Å². The third-order valence-corrected chi connectivity index (χ3v) is 4.42. The van der Waals surface area contributed by atoms with Crippen LogP contribution in [0.3, 0.4) is 0 Å². The van der Waals surface area contributed by atoms with Crippen LogP contribution >= 0.6 is 0 Å². The lowest BCUT2D eigenvalue weighted by Crippen LogP contribution is -1.93. The molecule has 0 aliphatic heterocycles. The fraction of sp³-hybridized carbons (Fsp3) is 0.208. The highest BCUT2D eigenvalue weighted by molar-refractivity contribution is 5.97. The van der Waals surface area contributed by atoms with E-state index < -0.39 is 0 Å². The van der Waals surface area contributed by atoms with Gasteiger partial charge in [0.25, 0.3) is 0 Å². The second-order valence-corrected chi connectivity index (χ2v) is 6.44. The average molecular weight is 373 g/mol. The molecule has 0 bridgehead atoms. The quantitative estimate of drug-likeness (QED) is 0.256. The molecule has 28 heavy (non-hydrogen) atoms. The second-order valence-electron chi connectivity index (χ2n) is 6.44. The minimum absolute atomic E-state index is 0.673. The van der Waals surface area contributed by atoms with Crippen LogP contribution in [0.15, 0.2) is 77.4 Å². The van der Waals surface area contributed by atoms with Gasteiger partial charge in [-0.15, -0.1) is 0 Å². The Hall–Kier alpha value is -3.27. The molecular formula is C24H28N4. The molecule has 4 nitrogen and oxygen atoms in total. The molecule has 1 aromatic carbocycles. The first kappa shape index (κ1) is 21.0. The van der Waals surface area contributed by atoms with Gasteiger partial charge in [-0.3, -0.25) is 0 Å². The molecule has 0 saturated heterocycles. The van der Waals surface area contributed by atoms with Gasteiger partial charge in [0, 0.05) is 34.2 Å². The van der Waals surface area contributed by atoms with Gasteiger partial charge in [0.15, 0.2) is 0 Å². The molecule has 0 spiro atoms. The molecule has 2 N–H and O–H groups in total. The molecule has 4 heteroatoms. The van der Waals surface area contributed by atoms with E-state index in [9.17, 15) is 0 Å². The van der Waals surface area contributed by atoms with Crippen LogP contribution in [0.4, 0.5) is 5.82 Å². The lowest BCUT2D eigenvalue weighted by atomic mass is 10.1. The lowest BCUT2D eigenvalue weighted by molar-refractivity contribution is 1.13. The van der Waals surface area contributed by atoms with Crippen molar-refractivity contribution in [3.63, 3.8) is 0 Å². The van der Waals surface area contributed by atoms with Crippen molar-refractivity contribution < 1.29 is 0 Å². The first-order chi connectivity index (χ1) is 13.6. The van der Waals surface area contributed by atoms with Gasteiger partial charge in [0.1, 0.15) is 5.82 Å². The maximum Gasteiger partial charge on any atom is 0.138 e. The highest BCUT2D eigenvalue weighted by Crippen LogP contribution is 2.32. The van der Waals surface area contributed by atoms with Crippen molar-refractivity contribution in [1.82, 2.24) is 4.98 Å². The number of aromatic amines is 1. The van der Waals surface area contributed by atoms with Crippen molar-refractivity contribution in [2.45, 2.75) is 33.6 Å². The summed E-state index contributed by atoms with van der Waals surface area (Å²) in [5.41, 5.74) is 13.1. The number of hydrogen-bond donors (Lipinski definition) is 2. The molecule has 0 amide bonds. The van der Waals surface area contributed by atoms with E-state index in [1.165, 1.54) is 5.57 Å². The molecule has 144 valence electrons. The van der Waals surface area contributed by atoms with E-state index in [2.05, 4.69) is 29.3 Å². The Labute approximate surface area is 167 Å². The summed E-state index contributed by atoms with van der Waals surface area (Å²) in [5.74, 6) is 0.798. The molecule has 0 saturated carbocycles. The fourth-order valence-electron chi connectivity index (χ4n) is 3.06. The first-order valence-electron chi connectivity index (χ1n) is 9.42. The van der Waals surface area contributed by atoms with Crippen LogP contribution in [-0.4, -0.2) is 10.7 Å². The van der Waals surface area contributed by atoms with Crippen LogP contribution in [0.2, 0.25) is 0 Å². The van der Waals surface area contributed by atoms with Crippen molar-refractivity contribution in [3.05, 3.63) is 78.4 Å². The van der Waals surface area contributed by atoms with E-state index in [0.717, 1.165) is 46.4 Å². The van der Waals surface area contributed by atoms with E-state index in [-0.39, 0.29) is 0 Å². The maximum atomic E-state index is 7.41. The molecule has 1 aromatic heterocycles. The summed E-state index contributed by atoms with van der Waals surface area (Å²) >= 11 is 0. The van der Waals surface area contributed by atoms with E-state index in [1.807, 2.05) is 63.3 Å². The molecule has 2 rings (SSSR count). The Kier molecular flexibility index (Phi) is 7.64. The van der Waals surface area contributed by atoms with Crippen LogP contribution in [0, 0.1) is 5.53 Å². The van der Waals surface area contributed by atoms with Gasteiger partial charge in [-0.2, -0.15) is 5.11 Å². The van der Waals surface area contributed by atoms with Gasteiger partial charge < -0.3 is 4.98 Å². The number of hydrogen-bond acceptors (Lipinski definition) is 3. The van der Waals surface area contributed by atoms with Crippen molar-refractivity contribution >= 4 is 34.2 Å². The number of benzene rings is 1. The largest absolute Gasteiger partial charge is 0.339 e. The zero-order valence-electron chi connectivity index (χ0n) is 16.9. The van der Waals surface area contributed by atoms with Gasteiger partial charge in [0.05, 0.1) is 5.70 Å². The molecule has 1 heterocycles. The van der Waals surface area contributed by atoms with Crippen molar-refractivity contribution in [2.75, 3.05) is 0 Å². The van der Waals surface area contributed by atoms with E-state index >= 15 is 0 Å². The third kappa shape index (κ3) is 4.92. The number of aliphatic imine (C=N–C) groups is 1. The van der Waals surface area contributed by atoms with E-state index in [0.29, 0.717) is 5.70 Å². The molecule has 0 radical (unpaired) electrons. The zero-order chi connectivity index (χ0) is 20.5. The second kappa shape index (κ2) is 10.2. The summed E-state index contributed by atoms with van der Waals surface area (Å²) in [5, 5.41) is 4.71. The summed E-state index contributed by atoms with van der Waals surface area (Å²) < 4.78 is 0. The third-order valence-electron chi connectivity index (χ3n) is 4.42. The van der Waals surface area contributed by atoms with Crippen LogP contribution in [-0.2, 0) is 0 Å². The van der Waals surface area contributed by atoms with Crippen molar-refractivity contribution in [1.29, 1.82) is 5.53 Å². The summed E-state index contributed by atoms with van der Waals surface area (Å²) in [7, 11) is 0. The Balaban J connectivity index is 2.45. The predicted octanol–water partition coefficient (Wildman–Crippen LogP) is 7.76. The molecular weight excluding hydrogens is 344 g/mol. The summed E-state index contributed by atoms with van der Waals surface area (Å²) in [4.78, 5) is 8.21. The van der Waals surface area contributed by atoms with Gasteiger partial charge in [-0.1, -0.05) is 68.7 Å². The van der Waals surface area contributed by atoms with Crippen molar-refractivity contribution in [3.8, 4) is 0 Å².